The summed E-state index contributed by atoms with van der Waals surface area (Å²) in [6.45, 7) is 6.53. The first-order valence-corrected chi connectivity index (χ1v) is 18.4. The molecule has 2 N–H and O–H groups in total. The SMILES string of the molecule is COC(=O)N(c1ccccn1)[C@H](C(=O)N[C@@H](Cc1ccccc1)C(=O)C(F)(F)[C@H](Cc1ccccc1)NC(=O)[C@H](C(C)C)N(C(=O)OC)c1ccccn1)C(C)C. The summed E-state index contributed by atoms with van der Waals surface area (Å²) in [5.41, 5.74) is 0.828. The number of nitrogens with zero attached hydrogens (tertiary/aromatic N) is 4. The number of aromatic nitrogens is 2. The molecule has 302 valence electrons. The molecule has 0 aliphatic rings. The number of alkyl halides is 2. The van der Waals surface area contributed by atoms with E-state index in [2.05, 4.69) is 20.6 Å². The van der Waals surface area contributed by atoms with Crippen molar-refractivity contribution in [3.63, 3.8) is 0 Å². The Hall–Kier alpha value is -6.25. The van der Waals surface area contributed by atoms with Gasteiger partial charge in [0, 0.05) is 12.4 Å². The van der Waals surface area contributed by atoms with Gasteiger partial charge in [0.15, 0.2) is 0 Å². The molecule has 0 unspecified atom stereocenters. The van der Waals surface area contributed by atoms with Crippen LogP contribution < -0.4 is 20.4 Å². The van der Waals surface area contributed by atoms with Gasteiger partial charge < -0.3 is 20.1 Å². The van der Waals surface area contributed by atoms with E-state index in [-0.39, 0.29) is 18.1 Å². The van der Waals surface area contributed by atoms with Crippen LogP contribution in [0.2, 0.25) is 0 Å². The second kappa shape index (κ2) is 20.1. The number of ether oxygens (including phenoxy) is 2. The van der Waals surface area contributed by atoms with Crippen LogP contribution >= 0.6 is 0 Å². The van der Waals surface area contributed by atoms with Crippen LogP contribution in [0.3, 0.4) is 0 Å². The highest BCUT2D eigenvalue weighted by molar-refractivity contribution is 6.01. The van der Waals surface area contributed by atoms with Crippen molar-refractivity contribution in [3.05, 3.63) is 121 Å². The first-order valence-electron chi connectivity index (χ1n) is 18.4. The average molecular weight is 787 g/mol. The van der Waals surface area contributed by atoms with Gasteiger partial charge in [0.05, 0.1) is 20.3 Å². The minimum absolute atomic E-state index is 0.0395. The molecule has 2 aromatic carbocycles. The van der Waals surface area contributed by atoms with E-state index in [1.807, 2.05) is 0 Å². The number of nitrogens with one attached hydrogen (secondary N) is 2. The monoisotopic (exact) mass is 786 g/mol. The fraction of sp³-hybridized carbons (Fsp3) is 0.357. The fourth-order valence-corrected chi connectivity index (χ4v) is 6.42. The first kappa shape index (κ1) is 43.5. The molecule has 0 fully saturated rings. The van der Waals surface area contributed by atoms with Crippen molar-refractivity contribution in [1.82, 2.24) is 20.6 Å². The number of Topliss-reactive ketones (excluding diaryl/α,β-unsaturated/α-hetero) is 1. The number of halogens is 2. The molecule has 15 heteroatoms. The van der Waals surface area contributed by atoms with Crippen molar-refractivity contribution in [3.8, 4) is 0 Å². The number of carbonyl (C=O) groups is 5. The van der Waals surface area contributed by atoms with Crippen LogP contribution in [0.4, 0.5) is 30.0 Å². The summed E-state index contributed by atoms with van der Waals surface area (Å²) in [7, 11) is 2.24. The van der Waals surface area contributed by atoms with E-state index >= 15 is 8.78 Å². The highest BCUT2D eigenvalue weighted by Crippen LogP contribution is 2.29. The summed E-state index contributed by atoms with van der Waals surface area (Å²) >= 11 is 0. The largest absolute Gasteiger partial charge is 0.452 e. The number of ketones is 1. The van der Waals surface area contributed by atoms with Crippen molar-refractivity contribution in [2.45, 2.75) is 70.6 Å². The van der Waals surface area contributed by atoms with Crippen molar-refractivity contribution in [2.24, 2.45) is 11.8 Å². The van der Waals surface area contributed by atoms with Crippen LogP contribution in [0, 0.1) is 11.8 Å². The summed E-state index contributed by atoms with van der Waals surface area (Å²) < 4.78 is 44.3. The molecule has 4 rings (SSSR count). The molecule has 13 nitrogen and oxygen atoms in total. The molecule has 0 saturated carbocycles. The van der Waals surface area contributed by atoms with E-state index in [1.54, 1.807) is 113 Å². The Kier molecular flexibility index (Phi) is 15.3. The standard InChI is InChI=1S/C42H48F2N6O7/c1-27(2)35(49(40(54)56-5)33-21-13-15-23-45-33)38(52)47-31(25-29-17-9-7-10-18-29)37(51)42(43,44)32(26-30-19-11-8-12-20-30)48-39(53)36(28(3)4)50(41(55)57-6)34-22-14-16-24-46-34/h7-24,27-28,31-32,35-36H,25-26H2,1-6H3,(H,47,52)(H,48,53)/t31-,32-,35-,36-/m0/s1. The van der Waals surface area contributed by atoms with Gasteiger partial charge in [0.1, 0.15) is 29.8 Å². The van der Waals surface area contributed by atoms with Crippen molar-refractivity contribution < 1.29 is 42.2 Å². The van der Waals surface area contributed by atoms with Gasteiger partial charge >= 0.3 is 18.1 Å². The number of amides is 4. The number of carbonyl (C=O) groups excluding carboxylic acids is 5. The molecule has 0 saturated heterocycles. The molecule has 4 atom stereocenters. The quantitative estimate of drug-likeness (QED) is 0.130. The molecule has 2 aromatic heterocycles. The number of hydrogen-bond donors (Lipinski definition) is 2. The Bertz CT molecular complexity index is 1940. The van der Waals surface area contributed by atoms with E-state index in [1.165, 1.54) is 24.5 Å². The van der Waals surface area contributed by atoms with E-state index < -0.39 is 78.1 Å². The zero-order valence-corrected chi connectivity index (χ0v) is 32.7. The minimum Gasteiger partial charge on any atom is -0.452 e. The first-order chi connectivity index (χ1) is 27.2. The number of pyridine rings is 2. The van der Waals surface area contributed by atoms with Gasteiger partial charge in [-0.25, -0.2) is 29.4 Å². The Morgan fingerprint density at radius 2 is 1.02 bits per heavy atom. The molecule has 0 spiro atoms. The normalized spacial score (nSPS) is 13.4. The maximum Gasteiger partial charge on any atom is 0.415 e. The fourth-order valence-electron chi connectivity index (χ4n) is 6.42. The Morgan fingerprint density at radius 3 is 1.40 bits per heavy atom. The molecule has 57 heavy (non-hydrogen) atoms. The lowest BCUT2D eigenvalue weighted by Gasteiger charge is -2.36. The summed E-state index contributed by atoms with van der Waals surface area (Å²) in [6.07, 6.45) is 0.0580. The molecule has 0 bridgehead atoms. The minimum atomic E-state index is -4.32. The molecule has 2 heterocycles. The van der Waals surface area contributed by atoms with Gasteiger partial charge in [0.25, 0.3) is 0 Å². The number of rotatable bonds is 17. The van der Waals surface area contributed by atoms with E-state index in [9.17, 15) is 24.0 Å². The van der Waals surface area contributed by atoms with Crippen molar-refractivity contribution in [2.75, 3.05) is 24.0 Å². The number of hydrogen-bond acceptors (Lipinski definition) is 9. The van der Waals surface area contributed by atoms with Crippen molar-refractivity contribution >= 4 is 41.4 Å². The van der Waals surface area contributed by atoms with Crippen LogP contribution in [0.15, 0.2) is 109 Å². The van der Waals surface area contributed by atoms with Crippen LogP contribution in [-0.4, -0.2) is 84.1 Å². The smallest absolute Gasteiger partial charge is 0.415 e. The maximum absolute atomic E-state index is 17.2. The topological polar surface area (TPSA) is 160 Å². The second-order valence-electron chi connectivity index (χ2n) is 13.9. The van der Waals surface area contributed by atoms with Gasteiger partial charge in [-0.15, -0.1) is 0 Å². The summed E-state index contributed by atoms with van der Waals surface area (Å²) in [5, 5.41) is 4.92. The average Bonchev–Trinajstić information content (AvgIpc) is 3.21. The Morgan fingerprint density at radius 1 is 0.614 bits per heavy atom. The zero-order chi connectivity index (χ0) is 41.7. The van der Waals surface area contributed by atoms with Gasteiger partial charge in [-0.2, -0.15) is 8.78 Å². The van der Waals surface area contributed by atoms with Gasteiger partial charge in [-0.3, -0.25) is 14.4 Å². The summed E-state index contributed by atoms with van der Waals surface area (Å²) in [5.74, 6) is -9.10. The molecule has 4 aromatic rings. The third kappa shape index (κ3) is 11.0. The third-order valence-corrected chi connectivity index (χ3v) is 9.17. The maximum atomic E-state index is 17.2. The van der Waals surface area contributed by atoms with Crippen LogP contribution in [0.5, 0.6) is 0 Å². The predicted octanol–water partition coefficient (Wildman–Crippen LogP) is 6.03. The number of benzene rings is 2. The lowest BCUT2D eigenvalue weighted by Crippen LogP contribution is -2.63. The predicted molar refractivity (Wildman–Crippen MR) is 210 cm³/mol. The lowest BCUT2D eigenvalue weighted by atomic mass is 9.90. The van der Waals surface area contributed by atoms with Crippen molar-refractivity contribution in [1.29, 1.82) is 0 Å². The summed E-state index contributed by atoms with van der Waals surface area (Å²) in [4.78, 5) is 79.5. The Balaban J connectivity index is 1.77. The molecular formula is C42H48F2N6O7. The lowest BCUT2D eigenvalue weighted by molar-refractivity contribution is -0.152. The highest BCUT2D eigenvalue weighted by Gasteiger charge is 2.52. The van der Waals surface area contributed by atoms with E-state index in [0.717, 1.165) is 24.0 Å². The van der Waals surface area contributed by atoms with Crippen LogP contribution in [-0.2, 0) is 36.7 Å². The third-order valence-electron chi connectivity index (χ3n) is 9.17. The van der Waals surface area contributed by atoms with Gasteiger partial charge in [-0.1, -0.05) is 100 Å². The van der Waals surface area contributed by atoms with Gasteiger partial charge in [-0.05, 0) is 60.1 Å². The highest BCUT2D eigenvalue weighted by atomic mass is 19.3. The number of methoxy groups -OCH3 is 2. The number of anilines is 2. The Labute approximate surface area is 330 Å². The molecule has 0 radical (unpaired) electrons. The molecule has 0 aliphatic carbocycles. The van der Waals surface area contributed by atoms with E-state index in [0.29, 0.717) is 11.1 Å². The van der Waals surface area contributed by atoms with Gasteiger partial charge in [0.2, 0.25) is 17.6 Å². The zero-order valence-electron chi connectivity index (χ0n) is 32.7. The van der Waals surface area contributed by atoms with E-state index in [4.69, 9.17) is 9.47 Å². The molecule has 0 aliphatic heterocycles. The summed E-state index contributed by atoms with van der Waals surface area (Å²) in [6, 6.07) is 18.9. The van der Waals surface area contributed by atoms with Crippen LogP contribution in [0.1, 0.15) is 38.8 Å². The molecule has 4 amide bonds. The van der Waals surface area contributed by atoms with Crippen LogP contribution in [0.25, 0.3) is 0 Å². The second-order valence-corrected chi connectivity index (χ2v) is 13.9. The molecular weight excluding hydrogens is 738 g/mol.